The highest BCUT2D eigenvalue weighted by Crippen LogP contribution is 2.36. The summed E-state index contributed by atoms with van der Waals surface area (Å²) in [6.07, 6.45) is 6.90. The number of aromatic nitrogens is 1. The van der Waals surface area contributed by atoms with E-state index in [2.05, 4.69) is 29.3 Å². The van der Waals surface area contributed by atoms with E-state index in [9.17, 15) is 13.5 Å². The highest BCUT2D eigenvalue weighted by molar-refractivity contribution is 7.90. The van der Waals surface area contributed by atoms with E-state index in [0.717, 1.165) is 54.3 Å². The molecule has 1 heterocycles. The molecular formula is C25H30ClN3O3S. The van der Waals surface area contributed by atoms with E-state index in [0.29, 0.717) is 11.6 Å². The number of fused-ring (bicyclic) bond motifs is 1. The minimum atomic E-state index is -3.48. The summed E-state index contributed by atoms with van der Waals surface area (Å²) in [4.78, 5) is 6.87. The molecule has 1 fully saturated rings. The average Bonchev–Trinajstić information content (AvgIpc) is 2.75. The highest BCUT2D eigenvalue weighted by atomic mass is 35.5. The monoisotopic (exact) mass is 487 g/mol. The van der Waals surface area contributed by atoms with Crippen molar-refractivity contribution in [3.05, 3.63) is 47.6 Å². The Morgan fingerprint density at radius 2 is 1.76 bits per heavy atom. The zero-order valence-corrected chi connectivity index (χ0v) is 20.7. The van der Waals surface area contributed by atoms with Crippen molar-refractivity contribution < 1.29 is 13.5 Å². The fourth-order valence-electron chi connectivity index (χ4n) is 4.68. The molecule has 0 aliphatic heterocycles. The number of phenols is 1. The molecule has 2 N–H and O–H groups in total. The molecule has 1 aromatic heterocycles. The Bertz CT molecular complexity index is 1270. The first-order chi connectivity index (χ1) is 15.6. The number of phenolic OH excluding ortho intramolecular Hbond substituents is 1. The zero-order valence-electron chi connectivity index (χ0n) is 19.2. The van der Waals surface area contributed by atoms with Crippen molar-refractivity contribution in [1.82, 2.24) is 9.88 Å². The fraction of sp³-hybridized carbons (Fsp3) is 0.400. The van der Waals surface area contributed by atoms with Gasteiger partial charge in [0.2, 0.25) is 0 Å². The quantitative estimate of drug-likeness (QED) is 0.497. The molecule has 8 heteroatoms. The van der Waals surface area contributed by atoms with Crippen molar-refractivity contribution in [2.75, 3.05) is 32.2 Å². The van der Waals surface area contributed by atoms with Crippen LogP contribution in [0.3, 0.4) is 0 Å². The van der Waals surface area contributed by atoms with Crippen LogP contribution in [-0.4, -0.2) is 56.3 Å². The molecule has 2 aromatic carbocycles. The van der Waals surface area contributed by atoms with Crippen molar-refractivity contribution >= 4 is 38.0 Å². The maximum Gasteiger partial charge on any atom is 0.179 e. The molecule has 0 saturated heterocycles. The van der Waals surface area contributed by atoms with E-state index >= 15 is 0 Å². The Morgan fingerprint density at radius 3 is 2.39 bits per heavy atom. The fourth-order valence-corrected chi connectivity index (χ4v) is 5.64. The van der Waals surface area contributed by atoms with Gasteiger partial charge in [0.25, 0.3) is 0 Å². The lowest BCUT2D eigenvalue weighted by molar-refractivity contribution is 0.255. The number of aromatic hydroxyl groups is 1. The van der Waals surface area contributed by atoms with Gasteiger partial charge in [0.05, 0.1) is 16.2 Å². The smallest absolute Gasteiger partial charge is 0.179 e. The second-order valence-electron chi connectivity index (χ2n) is 9.29. The normalized spacial score (nSPS) is 19.2. The molecule has 33 heavy (non-hydrogen) atoms. The van der Waals surface area contributed by atoms with Crippen LogP contribution in [-0.2, 0) is 9.84 Å². The number of sulfone groups is 1. The minimum Gasteiger partial charge on any atom is -0.506 e. The van der Waals surface area contributed by atoms with Crippen LogP contribution in [0.5, 0.6) is 5.75 Å². The molecule has 0 unspecified atom stereocenters. The minimum absolute atomic E-state index is 0.0226. The summed E-state index contributed by atoms with van der Waals surface area (Å²) in [6.45, 7) is 1.08. The second-order valence-corrected chi connectivity index (χ2v) is 11.7. The highest BCUT2D eigenvalue weighted by Gasteiger charge is 2.25. The molecular weight excluding hydrogens is 458 g/mol. The van der Waals surface area contributed by atoms with E-state index < -0.39 is 9.84 Å². The first-order valence-corrected chi connectivity index (χ1v) is 13.4. The molecule has 0 atom stereocenters. The first kappa shape index (κ1) is 23.8. The van der Waals surface area contributed by atoms with Gasteiger partial charge in [-0.2, -0.15) is 0 Å². The summed E-state index contributed by atoms with van der Waals surface area (Å²) in [7, 11) is 0.726. The van der Waals surface area contributed by atoms with E-state index in [1.54, 1.807) is 18.2 Å². The van der Waals surface area contributed by atoms with Gasteiger partial charge in [-0.05, 0) is 81.1 Å². The molecule has 1 aliphatic rings. The van der Waals surface area contributed by atoms with Crippen molar-refractivity contribution in [3.8, 4) is 16.9 Å². The van der Waals surface area contributed by atoms with Crippen LogP contribution in [0.15, 0.2) is 47.5 Å². The molecule has 6 nitrogen and oxygen atoms in total. The van der Waals surface area contributed by atoms with Crippen LogP contribution in [0.1, 0.15) is 25.7 Å². The summed E-state index contributed by atoms with van der Waals surface area (Å²) in [5.41, 5.74) is 3.04. The Morgan fingerprint density at radius 1 is 1.09 bits per heavy atom. The van der Waals surface area contributed by atoms with Crippen LogP contribution < -0.4 is 5.32 Å². The van der Waals surface area contributed by atoms with Crippen LogP contribution in [0.25, 0.3) is 22.0 Å². The summed E-state index contributed by atoms with van der Waals surface area (Å²) in [5.74, 6) is 0.696. The van der Waals surface area contributed by atoms with Gasteiger partial charge >= 0.3 is 0 Å². The predicted octanol–water partition coefficient (Wildman–Crippen LogP) is 5.20. The first-order valence-electron chi connectivity index (χ1n) is 11.1. The number of pyridine rings is 1. The lowest BCUT2D eigenvalue weighted by atomic mass is 9.85. The van der Waals surface area contributed by atoms with E-state index in [-0.39, 0.29) is 21.7 Å². The lowest BCUT2D eigenvalue weighted by Crippen LogP contribution is -2.31. The maximum absolute atomic E-state index is 12.6. The Kier molecular flexibility index (Phi) is 6.84. The number of hydrogen-bond donors (Lipinski definition) is 2. The molecule has 176 valence electrons. The van der Waals surface area contributed by atoms with Gasteiger partial charge in [-0.15, -0.1) is 0 Å². The maximum atomic E-state index is 12.6. The number of halogens is 1. The molecule has 3 aromatic rings. The van der Waals surface area contributed by atoms with Crippen molar-refractivity contribution in [3.63, 3.8) is 0 Å². The van der Waals surface area contributed by atoms with E-state index in [1.807, 2.05) is 18.2 Å². The molecule has 1 saturated carbocycles. The standard InChI is InChI=1S/C25H30ClN3O3S/c1-29(2)15-16-4-8-19(9-5-16)28-25-20-12-17(18-7-11-23(30)21(26)13-18)6-10-22(20)27-14-24(25)33(3,31)32/h6-7,10-14,16,19,30H,4-5,8-9,15H2,1-3H3,(H,27,28). The van der Waals surface area contributed by atoms with Crippen LogP contribution in [0.2, 0.25) is 5.02 Å². The third-order valence-electron chi connectivity index (χ3n) is 6.33. The van der Waals surface area contributed by atoms with Crippen LogP contribution >= 0.6 is 11.6 Å². The zero-order chi connectivity index (χ0) is 23.8. The van der Waals surface area contributed by atoms with Gasteiger partial charge in [0.1, 0.15) is 10.6 Å². The molecule has 0 radical (unpaired) electrons. The summed E-state index contributed by atoms with van der Waals surface area (Å²) in [6, 6.07) is 11.0. The number of nitrogens with one attached hydrogen (secondary N) is 1. The third kappa shape index (κ3) is 5.42. The number of benzene rings is 2. The molecule has 0 amide bonds. The average molecular weight is 488 g/mol. The molecule has 0 spiro atoms. The Labute approximate surface area is 200 Å². The van der Waals surface area contributed by atoms with Crippen molar-refractivity contribution in [2.24, 2.45) is 5.92 Å². The number of hydrogen-bond acceptors (Lipinski definition) is 6. The number of nitrogens with zero attached hydrogens (tertiary/aromatic N) is 2. The van der Waals surface area contributed by atoms with Gasteiger partial charge in [0.15, 0.2) is 9.84 Å². The molecule has 1 aliphatic carbocycles. The lowest BCUT2D eigenvalue weighted by Gasteiger charge is -2.32. The number of rotatable bonds is 6. The second kappa shape index (κ2) is 9.49. The van der Waals surface area contributed by atoms with E-state index in [1.165, 1.54) is 12.5 Å². The van der Waals surface area contributed by atoms with Crippen molar-refractivity contribution in [2.45, 2.75) is 36.6 Å². The Hall–Kier alpha value is -2.35. The van der Waals surface area contributed by atoms with Gasteiger partial charge in [-0.3, -0.25) is 4.98 Å². The Balaban J connectivity index is 1.73. The predicted molar refractivity (Wildman–Crippen MR) is 135 cm³/mol. The SMILES string of the molecule is CN(C)CC1CCC(Nc2c(S(C)(=O)=O)cnc3ccc(-c4ccc(O)c(Cl)c4)cc23)CC1. The van der Waals surface area contributed by atoms with Gasteiger partial charge in [0, 0.05) is 30.4 Å². The molecule has 4 rings (SSSR count). The van der Waals surface area contributed by atoms with Gasteiger partial charge in [-0.1, -0.05) is 23.7 Å². The van der Waals surface area contributed by atoms with Crippen LogP contribution in [0.4, 0.5) is 5.69 Å². The van der Waals surface area contributed by atoms with Crippen molar-refractivity contribution in [1.29, 1.82) is 0 Å². The summed E-state index contributed by atoms with van der Waals surface area (Å²) in [5, 5.41) is 14.4. The summed E-state index contributed by atoms with van der Waals surface area (Å²) >= 11 is 6.11. The van der Waals surface area contributed by atoms with Crippen LogP contribution in [0, 0.1) is 5.92 Å². The molecule has 0 bridgehead atoms. The van der Waals surface area contributed by atoms with Gasteiger partial charge in [-0.25, -0.2) is 8.42 Å². The van der Waals surface area contributed by atoms with E-state index in [4.69, 9.17) is 11.6 Å². The largest absolute Gasteiger partial charge is 0.506 e. The van der Waals surface area contributed by atoms with Gasteiger partial charge < -0.3 is 15.3 Å². The number of anilines is 1. The third-order valence-corrected chi connectivity index (χ3v) is 7.74. The topological polar surface area (TPSA) is 82.5 Å². The summed E-state index contributed by atoms with van der Waals surface area (Å²) < 4.78 is 25.2.